The van der Waals surface area contributed by atoms with Crippen molar-refractivity contribution >= 4 is 16.0 Å². The van der Waals surface area contributed by atoms with Crippen molar-refractivity contribution in [3.8, 4) is 0 Å². The quantitative estimate of drug-likeness (QED) is 0.398. The number of carbonyl (C=O) groups excluding carboxylic acids is 1. The third kappa shape index (κ3) is 5.06. The van der Waals surface area contributed by atoms with Crippen LogP contribution in [0.3, 0.4) is 0 Å². The number of nitrogens with one attached hydrogen (secondary N) is 3. The molecule has 22 heavy (non-hydrogen) atoms. The van der Waals surface area contributed by atoms with Crippen LogP contribution in [-0.2, 0) is 21.5 Å². The van der Waals surface area contributed by atoms with Gasteiger partial charge < -0.3 is 16.0 Å². The van der Waals surface area contributed by atoms with Gasteiger partial charge in [0.1, 0.15) is 5.25 Å². The Balaban J connectivity index is 1.62. The zero-order chi connectivity index (χ0) is 16.0. The van der Waals surface area contributed by atoms with Crippen LogP contribution in [0, 0.1) is 0 Å². The lowest BCUT2D eigenvalue weighted by Gasteiger charge is -2.11. The second-order valence-electron chi connectivity index (χ2n) is 5.29. The zero-order valence-corrected chi connectivity index (χ0v) is 13.0. The molecule has 0 saturated carbocycles. The molecule has 1 aromatic carbocycles. The van der Waals surface area contributed by atoms with E-state index in [0.29, 0.717) is 13.1 Å². The molecule has 2 atom stereocenters. The molecule has 2 rings (SSSR count). The minimum Gasteiger partial charge on any atom is -0.353 e. The largest absolute Gasteiger partial charge is 0.353 e. The van der Waals surface area contributed by atoms with Gasteiger partial charge in [-0.15, -0.1) is 0 Å². The Morgan fingerprint density at radius 2 is 2.00 bits per heavy atom. The number of carbonyl (C=O) groups is 1. The highest BCUT2D eigenvalue weighted by atomic mass is 32.2. The molecule has 1 aliphatic rings. The number of amides is 1. The summed E-state index contributed by atoms with van der Waals surface area (Å²) in [6.07, 6.45) is 0.0993. The molecule has 1 fully saturated rings. The fourth-order valence-corrected chi connectivity index (χ4v) is 3.10. The van der Waals surface area contributed by atoms with Crippen LogP contribution in [0.5, 0.6) is 0 Å². The topological polar surface area (TPSA) is 108 Å². The van der Waals surface area contributed by atoms with E-state index in [-0.39, 0.29) is 18.9 Å². The van der Waals surface area contributed by atoms with Crippen LogP contribution in [0.1, 0.15) is 12.0 Å². The van der Waals surface area contributed by atoms with Gasteiger partial charge in [-0.2, -0.15) is 8.42 Å². The van der Waals surface area contributed by atoms with Crippen LogP contribution in [0.4, 0.5) is 0 Å². The van der Waals surface area contributed by atoms with Gasteiger partial charge in [0.05, 0.1) is 6.04 Å². The van der Waals surface area contributed by atoms with E-state index >= 15 is 0 Å². The monoisotopic (exact) mass is 327 g/mol. The van der Waals surface area contributed by atoms with E-state index in [0.717, 1.165) is 6.54 Å². The highest BCUT2D eigenvalue weighted by Crippen LogP contribution is 2.13. The Morgan fingerprint density at radius 3 is 2.64 bits per heavy atom. The first-order valence-corrected chi connectivity index (χ1v) is 8.69. The molecular formula is C14H21N3O4S. The van der Waals surface area contributed by atoms with E-state index in [1.165, 1.54) is 5.56 Å². The Bertz CT molecular complexity index is 591. The van der Waals surface area contributed by atoms with Gasteiger partial charge in [-0.3, -0.25) is 9.35 Å². The molecule has 0 spiro atoms. The molecule has 8 heteroatoms. The highest BCUT2D eigenvalue weighted by Gasteiger charge is 2.36. The van der Waals surface area contributed by atoms with E-state index < -0.39 is 21.4 Å². The van der Waals surface area contributed by atoms with Gasteiger partial charge in [-0.25, -0.2) is 0 Å². The predicted molar refractivity (Wildman–Crippen MR) is 82.9 cm³/mol. The molecule has 1 saturated heterocycles. The Kier molecular flexibility index (Phi) is 5.90. The summed E-state index contributed by atoms with van der Waals surface area (Å²) in [5, 5.41) is 7.86. The lowest BCUT2D eigenvalue weighted by molar-refractivity contribution is -0.122. The van der Waals surface area contributed by atoms with E-state index in [1.54, 1.807) is 0 Å². The first-order chi connectivity index (χ1) is 10.5. The molecule has 7 nitrogen and oxygen atoms in total. The third-order valence-electron chi connectivity index (χ3n) is 3.60. The van der Waals surface area contributed by atoms with E-state index in [1.807, 2.05) is 30.3 Å². The van der Waals surface area contributed by atoms with Gasteiger partial charge in [0, 0.05) is 26.2 Å². The van der Waals surface area contributed by atoms with E-state index in [9.17, 15) is 13.2 Å². The van der Waals surface area contributed by atoms with Crippen LogP contribution < -0.4 is 16.0 Å². The normalized spacial score (nSPS) is 21.7. The summed E-state index contributed by atoms with van der Waals surface area (Å²) in [5.74, 6) is -0.243. The number of rotatable bonds is 7. The average Bonchev–Trinajstić information content (AvgIpc) is 2.98. The third-order valence-corrected chi connectivity index (χ3v) is 4.80. The molecule has 1 amide bonds. The second kappa shape index (κ2) is 7.68. The van der Waals surface area contributed by atoms with Gasteiger partial charge in [0.25, 0.3) is 10.1 Å². The maximum absolute atomic E-state index is 11.9. The number of benzene rings is 1. The molecule has 1 unspecified atom stereocenters. The van der Waals surface area contributed by atoms with Crippen LogP contribution in [0.15, 0.2) is 30.3 Å². The van der Waals surface area contributed by atoms with Crippen LogP contribution in [0.25, 0.3) is 0 Å². The first-order valence-electron chi connectivity index (χ1n) is 7.19. The summed E-state index contributed by atoms with van der Waals surface area (Å²) in [7, 11) is -4.08. The standard InChI is InChI=1S/C14H21N3O4S/c18-14(13-8-12(10-17-13)22(19,20)21)16-7-6-15-9-11-4-2-1-3-5-11/h1-5,12-13,15,17H,6-10H2,(H,16,18)(H,19,20,21)/t12-,13?/m0/s1. The van der Waals surface area contributed by atoms with Crippen LogP contribution in [-0.4, -0.2) is 49.8 Å². The smallest absolute Gasteiger partial charge is 0.269 e. The van der Waals surface area contributed by atoms with Gasteiger partial charge in [0.15, 0.2) is 0 Å². The molecule has 0 aromatic heterocycles. The molecule has 1 heterocycles. The van der Waals surface area contributed by atoms with Crippen molar-refractivity contribution in [1.82, 2.24) is 16.0 Å². The summed E-state index contributed by atoms with van der Waals surface area (Å²) < 4.78 is 31.0. The molecule has 0 radical (unpaired) electrons. The summed E-state index contributed by atoms with van der Waals surface area (Å²) >= 11 is 0. The molecule has 0 bridgehead atoms. The Hall–Kier alpha value is -1.48. The number of hydrogen-bond donors (Lipinski definition) is 4. The molecule has 4 N–H and O–H groups in total. The van der Waals surface area contributed by atoms with Crippen molar-refractivity contribution in [2.75, 3.05) is 19.6 Å². The van der Waals surface area contributed by atoms with Gasteiger partial charge in [-0.1, -0.05) is 30.3 Å². The van der Waals surface area contributed by atoms with Gasteiger partial charge in [0.2, 0.25) is 5.91 Å². The van der Waals surface area contributed by atoms with Crippen molar-refractivity contribution in [3.63, 3.8) is 0 Å². The SMILES string of the molecule is O=C(NCCNCc1ccccc1)C1C[C@H](S(=O)(=O)O)CN1. The Labute approximate surface area is 130 Å². The maximum Gasteiger partial charge on any atom is 0.269 e. The molecule has 122 valence electrons. The molecular weight excluding hydrogens is 306 g/mol. The zero-order valence-electron chi connectivity index (χ0n) is 12.2. The molecule has 1 aromatic rings. The van der Waals surface area contributed by atoms with Crippen molar-refractivity contribution in [3.05, 3.63) is 35.9 Å². The minimum atomic E-state index is -4.08. The van der Waals surface area contributed by atoms with E-state index in [2.05, 4.69) is 16.0 Å². The predicted octanol–water partition coefficient (Wildman–Crippen LogP) is -0.489. The van der Waals surface area contributed by atoms with Crippen LogP contribution in [0.2, 0.25) is 0 Å². The second-order valence-corrected chi connectivity index (χ2v) is 6.98. The van der Waals surface area contributed by atoms with Crippen molar-refractivity contribution in [1.29, 1.82) is 0 Å². The lowest BCUT2D eigenvalue weighted by atomic mass is 10.2. The van der Waals surface area contributed by atoms with Gasteiger partial charge >= 0.3 is 0 Å². The minimum absolute atomic E-state index is 0.0993. The highest BCUT2D eigenvalue weighted by molar-refractivity contribution is 7.86. The number of hydrogen-bond acceptors (Lipinski definition) is 5. The first kappa shape index (κ1) is 16.9. The van der Waals surface area contributed by atoms with Crippen molar-refractivity contribution in [2.45, 2.75) is 24.3 Å². The maximum atomic E-state index is 11.9. The lowest BCUT2D eigenvalue weighted by Crippen LogP contribution is -2.42. The Morgan fingerprint density at radius 1 is 1.27 bits per heavy atom. The fourth-order valence-electron chi connectivity index (χ4n) is 2.36. The summed E-state index contributed by atoms with van der Waals surface area (Å²) in [4.78, 5) is 11.9. The van der Waals surface area contributed by atoms with E-state index in [4.69, 9.17) is 4.55 Å². The van der Waals surface area contributed by atoms with Crippen LogP contribution >= 0.6 is 0 Å². The van der Waals surface area contributed by atoms with Crippen molar-refractivity contribution in [2.24, 2.45) is 0 Å². The molecule has 0 aliphatic carbocycles. The summed E-state index contributed by atoms with van der Waals surface area (Å²) in [6.45, 7) is 1.90. The van der Waals surface area contributed by atoms with Gasteiger partial charge in [-0.05, 0) is 12.0 Å². The van der Waals surface area contributed by atoms with Crippen molar-refractivity contribution < 1.29 is 17.8 Å². The molecule has 1 aliphatic heterocycles. The summed E-state index contributed by atoms with van der Waals surface area (Å²) in [5.41, 5.74) is 1.17. The average molecular weight is 327 g/mol. The summed E-state index contributed by atoms with van der Waals surface area (Å²) in [6, 6.07) is 9.36. The fraction of sp³-hybridized carbons (Fsp3) is 0.500.